The van der Waals surface area contributed by atoms with Crippen LogP contribution < -0.4 is 10.9 Å². The molecular weight excluding hydrogens is 318 g/mol. The number of nitrogens with zero attached hydrogens (tertiary/aromatic N) is 2. The molecule has 0 aromatic carbocycles. The number of carboxylic acid groups (broad SMARTS) is 1. The molecule has 0 spiro atoms. The van der Waals surface area contributed by atoms with Crippen molar-refractivity contribution in [2.75, 3.05) is 0 Å². The normalized spacial score (nSPS) is 15.2. The Labute approximate surface area is 136 Å². The number of carbonyl (C=O) groups excluding carboxylic acids is 1. The van der Waals surface area contributed by atoms with Gasteiger partial charge < -0.3 is 10.4 Å². The van der Waals surface area contributed by atoms with Crippen LogP contribution >= 0.6 is 11.3 Å². The molecule has 1 fully saturated rings. The summed E-state index contributed by atoms with van der Waals surface area (Å²) in [5, 5.41) is 13.6. The number of rotatable bonds is 4. The molecule has 0 saturated heterocycles. The molecule has 0 aliphatic heterocycles. The van der Waals surface area contributed by atoms with E-state index >= 15 is 0 Å². The van der Waals surface area contributed by atoms with Gasteiger partial charge in [0.2, 0.25) is 5.91 Å². The fourth-order valence-corrected chi connectivity index (χ4v) is 3.90. The summed E-state index contributed by atoms with van der Waals surface area (Å²) in [6.07, 6.45) is 4.14. The van der Waals surface area contributed by atoms with Crippen molar-refractivity contribution in [2.45, 2.75) is 45.2 Å². The lowest BCUT2D eigenvalue weighted by Gasteiger charge is -2.14. The van der Waals surface area contributed by atoms with Crippen molar-refractivity contribution >= 4 is 33.4 Å². The Morgan fingerprint density at radius 3 is 2.78 bits per heavy atom. The molecule has 2 N–H and O–H groups in total. The summed E-state index contributed by atoms with van der Waals surface area (Å²) < 4.78 is 1.24. The summed E-state index contributed by atoms with van der Waals surface area (Å²) in [4.78, 5) is 40.6. The van der Waals surface area contributed by atoms with Crippen LogP contribution in [0.3, 0.4) is 0 Å². The van der Waals surface area contributed by atoms with E-state index in [0.717, 1.165) is 37.0 Å². The van der Waals surface area contributed by atoms with Crippen molar-refractivity contribution in [3.8, 4) is 0 Å². The number of nitrogens with one attached hydrogen (secondary N) is 1. The number of carbonyl (C=O) groups is 2. The van der Waals surface area contributed by atoms with Gasteiger partial charge in [0.15, 0.2) is 0 Å². The van der Waals surface area contributed by atoms with Crippen LogP contribution in [0.4, 0.5) is 0 Å². The molecule has 0 atom stereocenters. The molecule has 1 aliphatic carbocycles. The minimum absolute atomic E-state index is 0.0625. The monoisotopic (exact) mass is 335 g/mol. The third-order valence-electron chi connectivity index (χ3n) is 4.14. The topological polar surface area (TPSA) is 101 Å². The van der Waals surface area contributed by atoms with Crippen LogP contribution in [0.25, 0.3) is 10.2 Å². The minimum atomic E-state index is -1.17. The van der Waals surface area contributed by atoms with E-state index in [1.54, 1.807) is 6.92 Å². The molecule has 122 valence electrons. The van der Waals surface area contributed by atoms with Gasteiger partial charge >= 0.3 is 5.97 Å². The maximum Gasteiger partial charge on any atom is 0.337 e. The second-order valence-corrected chi connectivity index (χ2v) is 6.59. The van der Waals surface area contributed by atoms with Gasteiger partial charge in [0.05, 0.1) is 10.9 Å². The number of hydrogen-bond acceptors (Lipinski definition) is 5. The molecule has 2 aromatic heterocycles. The first kappa shape index (κ1) is 15.7. The fraction of sp³-hybridized carbons (Fsp3) is 0.467. The number of aromatic carboxylic acids is 1. The van der Waals surface area contributed by atoms with Crippen molar-refractivity contribution in [1.82, 2.24) is 14.9 Å². The second-order valence-electron chi connectivity index (χ2n) is 5.73. The lowest BCUT2D eigenvalue weighted by Crippen LogP contribution is -2.38. The Bertz CT molecular complexity index is 833. The number of aryl methyl sites for hydroxylation is 1. The standard InChI is InChI=1S/C15H17N3O4S/c1-8-16-13-12(10(7-23-13)15(21)22)14(20)18(8)6-11(19)17-9-4-2-3-5-9/h7,9H,2-6H2,1H3,(H,17,19)(H,21,22). The number of aromatic nitrogens is 2. The summed E-state index contributed by atoms with van der Waals surface area (Å²) in [6.45, 7) is 1.50. The molecule has 8 heteroatoms. The largest absolute Gasteiger partial charge is 0.478 e. The molecule has 23 heavy (non-hydrogen) atoms. The number of hydrogen-bond donors (Lipinski definition) is 2. The van der Waals surface area contributed by atoms with Crippen LogP contribution in [-0.2, 0) is 11.3 Å². The van der Waals surface area contributed by atoms with Crippen molar-refractivity contribution < 1.29 is 14.7 Å². The summed E-state index contributed by atoms with van der Waals surface area (Å²) >= 11 is 1.12. The third-order valence-corrected chi connectivity index (χ3v) is 5.01. The molecule has 2 aromatic rings. The summed E-state index contributed by atoms with van der Waals surface area (Å²) in [5.74, 6) is -1.00. The molecule has 0 radical (unpaired) electrons. The zero-order valence-electron chi connectivity index (χ0n) is 12.7. The van der Waals surface area contributed by atoms with Crippen LogP contribution in [0.2, 0.25) is 0 Å². The van der Waals surface area contributed by atoms with Gasteiger partial charge in [-0.15, -0.1) is 11.3 Å². The number of thiophene rings is 1. The predicted molar refractivity (Wildman–Crippen MR) is 86.0 cm³/mol. The average molecular weight is 335 g/mol. The predicted octanol–water partition coefficient (Wildman–Crippen LogP) is 1.52. The molecule has 0 bridgehead atoms. The highest BCUT2D eigenvalue weighted by Crippen LogP contribution is 2.21. The Morgan fingerprint density at radius 1 is 1.43 bits per heavy atom. The zero-order valence-corrected chi connectivity index (χ0v) is 13.5. The molecule has 1 saturated carbocycles. The summed E-state index contributed by atoms with van der Waals surface area (Å²) in [6, 6.07) is 0.172. The SMILES string of the molecule is Cc1nc2scc(C(=O)O)c2c(=O)n1CC(=O)NC1CCCC1. The van der Waals surface area contributed by atoms with Crippen molar-refractivity contribution in [2.24, 2.45) is 0 Å². The molecule has 7 nitrogen and oxygen atoms in total. The first-order chi connectivity index (χ1) is 11.0. The minimum Gasteiger partial charge on any atom is -0.478 e. The van der Waals surface area contributed by atoms with Gasteiger partial charge in [0, 0.05) is 11.4 Å². The number of amides is 1. The van der Waals surface area contributed by atoms with E-state index in [9.17, 15) is 19.5 Å². The highest BCUT2D eigenvalue weighted by atomic mass is 32.1. The van der Waals surface area contributed by atoms with E-state index in [1.807, 2.05) is 0 Å². The highest BCUT2D eigenvalue weighted by molar-refractivity contribution is 7.17. The smallest absolute Gasteiger partial charge is 0.337 e. The van der Waals surface area contributed by atoms with E-state index in [-0.39, 0.29) is 29.4 Å². The van der Waals surface area contributed by atoms with Gasteiger partial charge in [0.25, 0.3) is 5.56 Å². The van der Waals surface area contributed by atoms with Crippen molar-refractivity contribution in [3.05, 3.63) is 27.1 Å². The Kier molecular flexibility index (Phi) is 4.16. The van der Waals surface area contributed by atoms with Crippen LogP contribution in [-0.4, -0.2) is 32.6 Å². The molecule has 1 amide bonds. The first-order valence-corrected chi connectivity index (χ1v) is 8.36. The van der Waals surface area contributed by atoms with Gasteiger partial charge in [-0.2, -0.15) is 0 Å². The van der Waals surface area contributed by atoms with E-state index in [0.29, 0.717) is 10.7 Å². The fourth-order valence-electron chi connectivity index (χ4n) is 2.96. The third kappa shape index (κ3) is 2.98. The van der Waals surface area contributed by atoms with Crippen LogP contribution in [0.1, 0.15) is 41.9 Å². The maximum absolute atomic E-state index is 12.6. The molecule has 3 rings (SSSR count). The van der Waals surface area contributed by atoms with Crippen molar-refractivity contribution in [3.63, 3.8) is 0 Å². The Balaban J connectivity index is 1.93. The summed E-state index contributed by atoms with van der Waals surface area (Å²) in [5.41, 5.74) is -0.542. The quantitative estimate of drug-likeness (QED) is 0.882. The molecular formula is C15H17N3O4S. The van der Waals surface area contributed by atoms with E-state index < -0.39 is 11.5 Å². The van der Waals surface area contributed by atoms with Gasteiger partial charge in [-0.3, -0.25) is 14.2 Å². The van der Waals surface area contributed by atoms with Gasteiger partial charge in [0.1, 0.15) is 17.2 Å². The Hall–Kier alpha value is -2.22. The Morgan fingerprint density at radius 2 is 2.13 bits per heavy atom. The summed E-state index contributed by atoms with van der Waals surface area (Å²) in [7, 11) is 0. The van der Waals surface area contributed by atoms with Crippen molar-refractivity contribution in [1.29, 1.82) is 0 Å². The van der Waals surface area contributed by atoms with Gasteiger partial charge in [-0.25, -0.2) is 9.78 Å². The van der Waals surface area contributed by atoms with Crippen LogP contribution in [0.15, 0.2) is 10.2 Å². The highest BCUT2D eigenvalue weighted by Gasteiger charge is 2.21. The van der Waals surface area contributed by atoms with E-state index in [4.69, 9.17) is 0 Å². The number of carboxylic acids is 1. The van der Waals surface area contributed by atoms with Crippen LogP contribution in [0.5, 0.6) is 0 Å². The maximum atomic E-state index is 12.6. The van der Waals surface area contributed by atoms with Gasteiger partial charge in [-0.1, -0.05) is 12.8 Å². The van der Waals surface area contributed by atoms with Gasteiger partial charge in [-0.05, 0) is 19.8 Å². The zero-order chi connectivity index (χ0) is 16.6. The molecule has 2 heterocycles. The first-order valence-electron chi connectivity index (χ1n) is 7.48. The number of fused-ring (bicyclic) bond motifs is 1. The molecule has 1 aliphatic rings. The lowest BCUT2D eigenvalue weighted by molar-refractivity contribution is -0.122. The lowest BCUT2D eigenvalue weighted by atomic mass is 10.2. The van der Waals surface area contributed by atoms with E-state index in [2.05, 4.69) is 10.3 Å². The second kappa shape index (κ2) is 6.11. The molecule has 0 unspecified atom stereocenters. The van der Waals surface area contributed by atoms with Crippen LogP contribution in [0, 0.1) is 6.92 Å². The average Bonchev–Trinajstić information content (AvgIpc) is 3.12. The van der Waals surface area contributed by atoms with E-state index in [1.165, 1.54) is 9.95 Å².